The van der Waals surface area contributed by atoms with Crippen LogP contribution in [0.25, 0.3) is 0 Å². The van der Waals surface area contributed by atoms with Gasteiger partial charge < -0.3 is 19.3 Å². The molecule has 0 saturated heterocycles. The quantitative estimate of drug-likeness (QED) is 0.492. The van der Waals surface area contributed by atoms with Gasteiger partial charge in [-0.15, -0.1) is 0 Å². The zero-order chi connectivity index (χ0) is 24.5. The number of aliphatic hydroxyl groups is 1. The molecule has 34 heavy (non-hydrogen) atoms. The molecule has 188 valence electrons. The lowest BCUT2D eigenvalue weighted by atomic mass is 9.43. The smallest absolute Gasteiger partial charge is 0.331 e. The van der Waals surface area contributed by atoms with E-state index in [9.17, 15) is 19.5 Å². The van der Waals surface area contributed by atoms with Gasteiger partial charge in [-0.2, -0.15) is 0 Å². The van der Waals surface area contributed by atoms with E-state index in [4.69, 9.17) is 14.2 Å². The van der Waals surface area contributed by atoms with Gasteiger partial charge in [0.1, 0.15) is 18.8 Å². The Balaban J connectivity index is 1.46. The van der Waals surface area contributed by atoms with Gasteiger partial charge in [-0.3, -0.25) is 9.59 Å². The molecule has 7 nitrogen and oxygen atoms in total. The summed E-state index contributed by atoms with van der Waals surface area (Å²) in [6.45, 7) is 7.61. The first-order valence-corrected chi connectivity index (χ1v) is 12.9. The highest BCUT2D eigenvalue weighted by Gasteiger charge is 2.71. The molecule has 1 N–H and O–H groups in total. The third kappa shape index (κ3) is 3.44. The minimum Gasteiger partial charge on any atom is -0.463 e. The van der Waals surface area contributed by atoms with Crippen molar-refractivity contribution in [1.82, 2.24) is 0 Å². The van der Waals surface area contributed by atoms with Crippen LogP contribution in [0.5, 0.6) is 0 Å². The van der Waals surface area contributed by atoms with E-state index in [2.05, 4.69) is 13.8 Å². The third-order valence-electron chi connectivity index (χ3n) is 10.5. The molecule has 0 aromatic heterocycles. The van der Waals surface area contributed by atoms with Gasteiger partial charge in [0.2, 0.25) is 0 Å². The number of carbonyl (C=O) groups is 3. The zero-order valence-corrected chi connectivity index (χ0v) is 20.8. The van der Waals surface area contributed by atoms with Gasteiger partial charge in [-0.25, -0.2) is 4.79 Å². The average Bonchev–Trinajstić information content (AvgIpc) is 3.25. The van der Waals surface area contributed by atoms with Crippen molar-refractivity contribution in [3.8, 4) is 0 Å². The number of ether oxygens (including phenoxy) is 3. The average molecular weight is 475 g/mol. The predicted molar refractivity (Wildman–Crippen MR) is 122 cm³/mol. The number of hydrogen-bond donors (Lipinski definition) is 1. The lowest BCUT2D eigenvalue weighted by Gasteiger charge is -2.63. The lowest BCUT2D eigenvalue weighted by Crippen LogP contribution is -2.62. The van der Waals surface area contributed by atoms with E-state index < -0.39 is 17.1 Å². The van der Waals surface area contributed by atoms with E-state index in [1.54, 1.807) is 6.08 Å². The fourth-order valence-corrected chi connectivity index (χ4v) is 9.08. The van der Waals surface area contributed by atoms with Crippen LogP contribution in [0.3, 0.4) is 0 Å². The van der Waals surface area contributed by atoms with Crippen molar-refractivity contribution in [1.29, 1.82) is 0 Å². The topological polar surface area (TPSA) is 99.1 Å². The van der Waals surface area contributed by atoms with Gasteiger partial charge in [0.25, 0.3) is 0 Å². The zero-order valence-electron chi connectivity index (χ0n) is 20.8. The van der Waals surface area contributed by atoms with Crippen LogP contribution in [0.15, 0.2) is 11.6 Å². The van der Waals surface area contributed by atoms with Gasteiger partial charge in [0, 0.05) is 37.7 Å². The monoisotopic (exact) mass is 474 g/mol. The van der Waals surface area contributed by atoms with E-state index in [-0.39, 0.29) is 47.9 Å². The molecule has 0 spiro atoms. The number of cyclic esters (lactones) is 1. The lowest BCUT2D eigenvalue weighted by molar-refractivity contribution is -0.210. The number of esters is 3. The molecule has 0 unspecified atom stereocenters. The molecular weight excluding hydrogens is 436 g/mol. The maximum Gasteiger partial charge on any atom is 0.331 e. The summed E-state index contributed by atoms with van der Waals surface area (Å²) in [4.78, 5) is 35.4. The highest BCUT2D eigenvalue weighted by molar-refractivity contribution is 5.85. The fraction of sp³-hybridized carbons (Fsp3) is 0.815. The van der Waals surface area contributed by atoms with Crippen molar-refractivity contribution in [2.75, 3.05) is 6.61 Å². The number of carbonyl (C=O) groups excluding carboxylic acids is 3. The number of rotatable bonds is 3. The Bertz CT molecular complexity index is 926. The summed E-state index contributed by atoms with van der Waals surface area (Å²) in [7, 11) is 0. The van der Waals surface area contributed by atoms with Gasteiger partial charge in [-0.1, -0.05) is 13.8 Å². The van der Waals surface area contributed by atoms with Crippen molar-refractivity contribution in [3.63, 3.8) is 0 Å². The van der Waals surface area contributed by atoms with Crippen LogP contribution >= 0.6 is 0 Å². The second-order valence-corrected chi connectivity index (χ2v) is 12.0. The van der Waals surface area contributed by atoms with Crippen LogP contribution in [0.2, 0.25) is 0 Å². The van der Waals surface area contributed by atoms with E-state index >= 15 is 0 Å². The van der Waals surface area contributed by atoms with Gasteiger partial charge in [-0.05, 0) is 73.7 Å². The fourth-order valence-electron chi connectivity index (χ4n) is 9.08. The van der Waals surface area contributed by atoms with Crippen LogP contribution in [-0.4, -0.2) is 47.4 Å². The SMILES string of the molecule is CC(=O)O[C@H]1CC[C@@]2(C)[C@H](CC[C@@H]3[C@@H]2CC[C@]2(C)[C@@H](C4=CC(=O)OC4)[C@H](OC(C)=O)C[C@]32O)C1. The molecule has 0 aromatic rings. The van der Waals surface area contributed by atoms with E-state index in [0.29, 0.717) is 18.3 Å². The van der Waals surface area contributed by atoms with Crippen molar-refractivity contribution >= 4 is 17.9 Å². The van der Waals surface area contributed by atoms with Crippen LogP contribution in [-0.2, 0) is 28.6 Å². The molecule has 4 aliphatic carbocycles. The maximum absolute atomic E-state index is 12.5. The first kappa shape index (κ1) is 23.8. The van der Waals surface area contributed by atoms with Gasteiger partial charge >= 0.3 is 17.9 Å². The molecule has 0 radical (unpaired) electrons. The first-order valence-electron chi connectivity index (χ1n) is 12.9. The van der Waals surface area contributed by atoms with E-state index in [0.717, 1.165) is 50.5 Å². The summed E-state index contributed by atoms with van der Waals surface area (Å²) >= 11 is 0. The standard InChI is InChI=1S/C27H38O7/c1-15(28)33-19-7-9-25(3)18(12-19)5-6-21-20(25)8-10-26(4)24(17-11-23(30)32-14-17)22(34-16(2)29)13-27(21,26)31/h11,18-22,24,31H,5-10,12-14H2,1-4H3/t18-,19+,20+,21-,22-,24+,25+,26-,27+/m1/s1. The normalized spacial score (nSPS) is 47.6. The van der Waals surface area contributed by atoms with Crippen LogP contribution < -0.4 is 0 Å². The molecular formula is C27H38O7. The molecule has 1 heterocycles. The summed E-state index contributed by atoms with van der Waals surface area (Å²) < 4.78 is 16.6. The highest BCUT2D eigenvalue weighted by Crippen LogP contribution is 2.70. The molecule has 0 amide bonds. The first-order chi connectivity index (χ1) is 16.0. The maximum atomic E-state index is 12.5. The summed E-state index contributed by atoms with van der Waals surface area (Å²) in [5.74, 6) is -0.190. The molecule has 0 aromatic carbocycles. The predicted octanol–water partition coefficient (Wildman–Crippen LogP) is 3.72. The summed E-state index contributed by atoms with van der Waals surface area (Å²) in [6.07, 6.45) is 7.98. The second kappa shape index (κ2) is 8.07. The van der Waals surface area contributed by atoms with Crippen LogP contribution in [0.1, 0.15) is 79.1 Å². The second-order valence-electron chi connectivity index (χ2n) is 12.0. The molecule has 5 aliphatic rings. The van der Waals surface area contributed by atoms with E-state index in [1.165, 1.54) is 13.8 Å². The summed E-state index contributed by atoms with van der Waals surface area (Å²) in [6, 6.07) is 0. The summed E-state index contributed by atoms with van der Waals surface area (Å²) in [5, 5.41) is 12.5. The molecule has 0 bridgehead atoms. The third-order valence-corrected chi connectivity index (χ3v) is 10.5. The Morgan fingerprint density at radius 2 is 1.76 bits per heavy atom. The van der Waals surface area contributed by atoms with Crippen molar-refractivity contribution < 1.29 is 33.7 Å². The minimum atomic E-state index is -0.978. The summed E-state index contributed by atoms with van der Waals surface area (Å²) in [5.41, 5.74) is -0.535. The van der Waals surface area contributed by atoms with Crippen LogP contribution in [0, 0.1) is 34.5 Å². The molecule has 1 aliphatic heterocycles. The van der Waals surface area contributed by atoms with E-state index in [1.807, 2.05) is 0 Å². The van der Waals surface area contributed by atoms with Crippen molar-refractivity contribution in [2.24, 2.45) is 34.5 Å². The Labute approximate surface area is 201 Å². The Morgan fingerprint density at radius 1 is 1.03 bits per heavy atom. The molecule has 7 heteroatoms. The Kier molecular flexibility index (Phi) is 5.66. The number of hydrogen-bond acceptors (Lipinski definition) is 7. The molecule has 5 rings (SSSR count). The largest absolute Gasteiger partial charge is 0.463 e. The minimum absolute atomic E-state index is 0.000108. The van der Waals surface area contributed by atoms with Crippen molar-refractivity contribution in [3.05, 3.63) is 11.6 Å². The number of fused-ring (bicyclic) bond motifs is 5. The Morgan fingerprint density at radius 3 is 2.41 bits per heavy atom. The molecule has 9 atom stereocenters. The molecule has 4 saturated carbocycles. The molecule has 4 fully saturated rings. The van der Waals surface area contributed by atoms with Gasteiger partial charge in [0.15, 0.2) is 0 Å². The van der Waals surface area contributed by atoms with Crippen molar-refractivity contribution in [2.45, 2.75) is 96.9 Å². The highest BCUT2D eigenvalue weighted by atomic mass is 16.6. The van der Waals surface area contributed by atoms with Crippen LogP contribution in [0.4, 0.5) is 0 Å². The van der Waals surface area contributed by atoms with Gasteiger partial charge in [0.05, 0.1) is 5.60 Å². The Hall–Kier alpha value is -1.89.